The van der Waals surface area contributed by atoms with Gasteiger partial charge in [-0.3, -0.25) is 4.79 Å². The molecule has 4 nitrogen and oxygen atoms in total. The average Bonchev–Trinajstić information content (AvgIpc) is 2.61. The van der Waals surface area contributed by atoms with Crippen LogP contribution >= 0.6 is 0 Å². The molecular weight excluding hydrogens is 300 g/mol. The molecule has 1 aliphatic rings. The highest BCUT2D eigenvalue weighted by atomic mass is 16.5. The molecule has 0 aromatic heterocycles. The number of benzene rings is 2. The van der Waals surface area contributed by atoms with E-state index in [9.17, 15) is 4.79 Å². The van der Waals surface area contributed by atoms with Gasteiger partial charge < -0.3 is 14.5 Å². The Kier molecular flexibility index (Phi) is 5.16. The van der Waals surface area contributed by atoms with E-state index in [0.717, 1.165) is 24.4 Å². The minimum Gasteiger partial charge on any atom is -0.493 e. The molecule has 0 spiro atoms. The number of fused-ring (bicyclic) bond motifs is 1. The minimum atomic E-state index is 0.121. The topological polar surface area (TPSA) is 32.8 Å². The highest BCUT2D eigenvalue weighted by molar-refractivity contribution is 5.94. The van der Waals surface area contributed by atoms with E-state index in [1.165, 1.54) is 5.56 Å². The third-order valence-corrected chi connectivity index (χ3v) is 4.46. The molecule has 0 radical (unpaired) electrons. The lowest BCUT2D eigenvalue weighted by Gasteiger charge is -2.37. The molecule has 0 saturated carbocycles. The summed E-state index contributed by atoms with van der Waals surface area (Å²) < 4.78 is 5.66. The summed E-state index contributed by atoms with van der Waals surface area (Å²) in [6.07, 6.45) is 1.34. The van der Waals surface area contributed by atoms with Gasteiger partial charge in [0.25, 0.3) is 0 Å². The highest BCUT2D eigenvalue weighted by Crippen LogP contribution is 2.36. The molecule has 0 bridgehead atoms. The van der Waals surface area contributed by atoms with Crippen LogP contribution in [-0.2, 0) is 4.79 Å². The number of rotatable bonds is 5. The quantitative estimate of drug-likeness (QED) is 0.844. The maximum atomic E-state index is 12.7. The van der Waals surface area contributed by atoms with E-state index >= 15 is 0 Å². The van der Waals surface area contributed by atoms with Crippen LogP contribution in [0.1, 0.15) is 24.4 Å². The van der Waals surface area contributed by atoms with Crippen molar-refractivity contribution < 1.29 is 9.53 Å². The van der Waals surface area contributed by atoms with Crippen LogP contribution < -0.4 is 9.64 Å². The number of para-hydroxylation sites is 2. The number of anilines is 1. The largest absolute Gasteiger partial charge is 0.493 e. The summed E-state index contributed by atoms with van der Waals surface area (Å²) in [6.45, 7) is 1.16. The van der Waals surface area contributed by atoms with Gasteiger partial charge in [-0.05, 0) is 44.3 Å². The normalized spacial score (nSPS) is 16.8. The fourth-order valence-electron chi connectivity index (χ4n) is 3.25. The van der Waals surface area contributed by atoms with E-state index in [1.54, 1.807) is 0 Å². The molecule has 1 atom stereocenters. The zero-order valence-electron chi connectivity index (χ0n) is 14.3. The molecule has 0 N–H and O–H groups in total. The van der Waals surface area contributed by atoms with Crippen LogP contribution in [0.3, 0.4) is 0 Å². The van der Waals surface area contributed by atoms with Crippen molar-refractivity contribution in [3.63, 3.8) is 0 Å². The second-order valence-corrected chi connectivity index (χ2v) is 6.28. The summed E-state index contributed by atoms with van der Waals surface area (Å²) in [4.78, 5) is 16.8. The van der Waals surface area contributed by atoms with Gasteiger partial charge in [0, 0.05) is 18.3 Å². The van der Waals surface area contributed by atoms with Crippen LogP contribution in [0, 0.1) is 0 Å². The summed E-state index contributed by atoms with van der Waals surface area (Å²) in [6, 6.07) is 18.2. The fraction of sp³-hybridized carbons (Fsp3) is 0.350. The van der Waals surface area contributed by atoms with E-state index in [0.29, 0.717) is 19.1 Å². The van der Waals surface area contributed by atoms with Crippen molar-refractivity contribution in [3.05, 3.63) is 60.2 Å². The van der Waals surface area contributed by atoms with Crippen LogP contribution in [0.4, 0.5) is 5.69 Å². The van der Waals surface area contributed by atoms with Crippen molar-refractivity contribution in [3.8, 4) is 5.75 Å². The monoisotopic (exact) mass is 324 g/mol. The molecule has 0 fully saturated rings. The second-order valence-electron chi connectivity index (χ2n) is 6.28. The third-order valence-electron chi connectivity index (χ3n) is 4.46. The fourth-order valence-corrected chi connectivity index (χ4v) is 3.25. The van der Waals surface area contributed by atoms with Crippen molar-refractivity contribution in [2.24, 2.45) is 0 Å². The smallest absolute Gasteiger partial charge is 0.230 e. The first-order valence-corrected chi connectivity index (χ1v) is 8.40. The van der Waals surface area contributed by atoms with Crippen LogP contribution in [0.15, 0.2) is 54.6 Å². The minimum absolute atomic E-state index is 0.121. The molecule has 1 unspecified atom stereocenters. The first-order valence-electron chi connectivity index (χ1n) is 8.40. The van der Waals surface area contributed by atoms with E-state index in [1.807, 2.05) is 53.4 Å². The Bertz CT molecular complexity index is 685. The molecule has 126 valence electrons. The summed E-state index contributed by atoms with van der Waals surface area (Å²) >= 11 is 0. The van der Waals surface area contributed by atoms with Crippen LogP contribution in [0.2, 0.25) is 0 Å². The third kappa shape index (κ3) is 3.60. The molecular formula is C20H24N2O2. The molecule has 0 saturated heterocycles. The number of carbonyl (C=O) groups excluding carboxylic acids is 1. The van der Waals surface area contributed by atoms with Gasteiger partial charge in [-0.2, -0.15) is 0 Å². The molecule has 1 amide bonds. The summed E-state index contributed by atoms with van der Waals surface area (Å²) in [5.74, 6) is 0.924. The molecule has 1 heterocycles. The lowest BCUT2D eigenvalue weighted by molar-refractivity contribution is -0.119. The molecule has 1 aliphatic heterocycles. The van der Waals surface area contributed by atoms with Crippen LogP contribution in [0.5, 0.6) is 5.75 Å². The summed E-state index contributed by atoms with van der Waals surface area (Å²) in [5, 5.41) is 0. The number of hydrogen-bond acceptors (Lipinski definition) is 3. The first kappa shape index (κ1) is 16.5. The predicted molar refractivity (Wildman–Crippen MR) is 96.4 cm³/mol. The average molecular weight is 324 g/mol. The van der Waals surface area contributed by atoms with Crippen molar-refractivity contribution in [2.45, 2.75) is 18.9 Å². The van der Waals surface area contributed by atoms with E-state index < -0.39 is 0 Å². The van der Waals surface area contributed by atoms with Crippen molar-refractivity contribution in [1.82, 2.24) is 4.90 Å². The van der Waals surface area contributed by atoms with E-state index in [4.69, 9.17) is 4.74 Å². The lowest BCUT2D eigenvalue weighted by atomic mass is 9.95. The standard InChI is InChI=1S/C20H24N2O2/c1-21(2)18-12-14-22(19-11-7-6-10-17(18)19)20(23)13-15-24-16-8-4-3-5-9-16/h3-11,18H,12-15H2,1-2H3. The number of carbonyl (C=O) groups is 1. The van der Waals surface area contributed by atoms with Gasteiger partial charge in [-0.1, -0.05) is 36.4 Å². The zero-order valence-corrected chi connectivity index (χ0v) is 14.3. The maximum Gasteiger partial charge on any atom is 0.230 e. The maximum absolute atomic E-state index is 12.7. The predicted octanol–water partition coefficient (Wildman–Crippen LogP) is 3.50. The van der Waals surface area contributed by atoms with E-state index in [-0.39, 0.29) is 5.91 Å². The van der Waals surface area contributed by atoms with Gasteiger partial charge in [-0.15, -0.1) is 0 Å². The van der Waals surface area contributed by atoms with Gasteiger partial charge >= 0.3 is 0 Å². The highest BCUT2D eigenvalue weighted by Gasteiger charge is 2.29. The van der Waals surface area contributed by atoms with Crippen molar-refractivity contribution >= 4 is 11.6 Å². The Balaban J connectivity index is 1.66. The SMILES string of the molecule is CN(C)C1CCN(C(=O)CCOc2ccccc2)c2ccccc21. The van der Waals surface area contributed by atoms with Crippen molar-refractivity contribution in [2.75, 3.05) is 32.1 Å². The Labute approximate surface area is 143 Å². The van der Waals surface area contributed by atoms with Crippen LogP contribution in [-0.4, -0.2) is 38.1 Å². The molecule has 24 heavy (non-hydrogen) atoms. The molecule has 2 aromatic rings. The van der Waals surface area contributed by atoms with Gasteiger partial charge in [0.05, 0.1) is 13.0 Å². The molecule has 0 aliphatic carbocycles. The Morgan fingerprint density at radius 1 is 1.12 bits per heavy atom. The van der Waals surface area contributed by atoms with Crippen molar-refractivity contribution in [1.29, 1.82) is 0 Å². The number of hydrogen-bond donors (Lipinski definition) is 0. The van der Waals surface area contributed by atoms with Crippen LogP contribution in [0.25, 0.3) is 0 Å². The molecule has 3 rings (SSSR count). The Morgan fingerprint density at radius 2 is 1.83 bits per heavy atom. The molecule has 2 aromatic carbocycles. The summed E-state index contributed by atoms with van der Waals surface area (Å²) in [7, 11) is 4.18. The Hall–Kier alpha value is -2.33. The zero-order chi connectivity index (χ0) is 16.9. The molecule has 4 heteroatoms. The van der Waals surface area contributed by atoms with Gasteiger partial charge in [0.15, 0.2) is 0 Å². The Morgan fingerprint density at radius 3 is 2.58 bits per heavy atom. The van der Waals surface area contributed by atoms with Gasteiger partial charge in [0.1, 0.15) is 5.75 Å². The lowest BCUT2D eigenvalue weighted by Crippen LogP contribution is -2.39. The number of amides is 1. The first-order chi connectivity index (χ1) is 11.7. The number of ether oxygens (including phenoxy) is 1. The second kappa shape index (κ2) is 7.49. The van der Waals surface area contributed by atoms with Gasteiger partial charge in [0.2, 0.25) is 5.91 Å². The van der Waals surface area contributed by atoms with E-state index in [2.05, 4.69) is 25.1 Å². The number of nitrogens with zero attached hydrogens (tertiary/aromatic N) is 2. The summed E-state index contributed by atoms with van der Waals surface area (Å²) in [5.41, 5.74) is 2.26. The van der Waals surface area contributed by atoms with Gasteiger partial charge in [-0.25, -0.2) is 0 Å².